The van der Waals surface area contributed by atoms with Gasteiger partial charge >= 0.3 is 0 Å². The fourth-order valence-corrected chi connectivity index (χ4v) is 0.758. The number of aryl methyl sites for hydroxylation is 1. The maximum Gasteiger partial charge on any atom is 0.125 e. The summed E-state index contributed by atoms with van der Waals surface area (Å²) in [5.41, 5.74) is 0. The van der Waals surface area contributed by atoms with Crippen molar-refractivity contribution in [3.05, 3.63) is 12.0 Å². The Hall–Kier alpha value is -0.990. The van der Waals surface area contributed by atoms with Crippen LogP contribution in [0.15, 0.2) is 6.20 Å². The van der Waals surface area contributed by atoms with Crippen LogP contribution in [0.4, 0.5) is 5.82 Å². The average molecular weight is 139 g/mol. The lowest BCUT2D eigenvalue weighted by Gasteiger charge is -2.06. The molecule has 0 fully saturated rings. The first-order valence-electron chi connectivity index (χ1n) is 3.45. The van der Waals surface area contributed by atoms with E-state index in [2.05, 4.69) is 16.9 Å². The zero-order valence-corrected chi connectivity index (χ0v) is 6.68. The van der Waals surface area contributed by atoms with Crippen molar-refractivity contribution in [3.63, 3.8) is 0 Å². The summed E-state index contributed by atoms with van der Waals surface area (Å²) < 4.78 is 0. The molecule has 1 aromatic rings. The zero-order valence-electron chi connectivity index (χ0n) is 6.68. The van der Waals surface area contributed by atoms with Crippen LogP contribution in [0.2, 0.25) is 0 Å². The standard InChI is InChI=1S/C7H13N3/c1-4-6-8-5-7(9-6)10(2)3/h5H,4H2,1-3H3,(H,8,9). The van der Waals surface area contributed by atoms with Gasteiger partial charge in [0.05, 0.1) is 6.20 Å². The summed E-state index contributed by atoms with van der Waals surface area (Å²) in [5, 5.41) is 0. The molecule has 56 valence electrons. The monoisotopic (exact) mass is 139 g/mol. The molecule has 0 aliphatic rings. The second-order valence-electron chi connectivity index (χ2n) is 2.46. The predicted octanol–water partition coefficient (Wildman–Crippen LogP) is 1.04. The van der Waals surface area contributed by atoms with Gasteiger partial charge in [-0.15, -0.1) is 0 Å². The lowest BCUT2D eigenvalue weighted by atomic mass is 10.5. The molecule has 1 heterocycles. The van der Waals surface area contributed by atoms with Crippen LogP contribution in [-0.4, -0.2) is 24.1 Å². The minimum absolute atomic E-state index is 0.966. The number of anilines is 1. The third-order valence-corrected chi connectivity index (χ3v) is 1.43. The first kappa shape index (κ1) is 7.12. The number of nitrogens with zero attached hydrogens (tertiary/aromatic N) is 2. The lowest BCUT2D eigenvalue weighted by molar-refractivity contribution is 0.977. The fraction of sp³-hybridized carbons (Fsp3) is 0.571. The number of H-pyrrole nitrogens is 1. The molecule has 0 saturated heterocycles. The molecule has 0 radical (unpaired) electrons. The Bertz CT molecular complexity index is 202. The van der Waals surface area contributed by atoms with E-state index in [0.29, 0.717) is 0 Å². The number of rotatable bonds is 2. The molecule has 0 bridgehead atoms. The Balaban J connectivity index is 2.78. The molecule has 10 heavy (non-hydrogen) atoms. The van der Waals surface area contributed by atoms with Crippen LogP contribution >= 0.6 is 0 Å². The molecule has 0 atom stereocenters. The summed E-state index contributed by atoms with van der Waals surface area (Å²) in [7, 11) is 3.99. The van der Waals surface area contributed by atoms with E-state index in [4.69, 9.17) is 0 Å². The molecule has 1 aromatic heterocycles. The number of nitrogens with one attached hydrogen (secondary N) is 1. The number of aromatic nitrogens is 2. The van der Waals surface area contributed by atoms with Crippen LogP contribution in [0.25, 0.3) is 0 Å². The number of hydrogen-bond donors (Lipinski definition) is 1. The highest BCUT2D eigenvalue weighted by Gasteiger charge is 1.97. The Morgan fingerprint density at radius 3 is 2.60 bits per heavy atom. The predicted molar refractivity (Wildman–Crippen MR) is 42.3 cm³/mol. The van der Waals surface area contributed by atoms with Gasteiger partial charge in [-0.1, -0.05) is 6.92 Å². The molecular weight excluding hydrogens is 126 g/mol. The Labute approximate surface area is 61.1 Å². The highest BCUT2D eigenvalue weighted by atomic mass is 15.2. The van der Waals surface area contributed by atoms with Crippen molar-refractivity contribution in [1.82, 2.24) is 9.97 Å². The van der Waals surface area contributed by atoms with Crippen molar-refractivity contribution in [3.8, 4) is 0 Å². The average Bonchev–Trinajstić information content (AvgIpc) is 2.34. The molecule has 0 aromatic carbocycles. The van der Waals surface area contributed by atoms with E-state index in [1.54, 1.807) is 0 Å². The molecule has 0 aliphatic heterocycles. The molecule has 1 rings (SSSR count). The summed E-state index contributed by atoms with van der Waals surface area (Å²) in [6.45, 7) is 2.08. The normalized spacial score (nSPS) is 9.90. The topological polar surface area (TPSA) is 31.9 Å². The summed E-state index contributed by atoms with van der Waals surface area (Å²) in [6.07, 6.45) is 2.81. The Morgan fingerprint density at radius 2 is 2.30 bits per heavy atom. The fourth-order valence-electron chi connectivity index (χ4n) is 0.758. The number of aromatic amines is 1. The maximum atomic E-state index is 4.16. The maximum absolute atomic E-state index is 4.16. The number of imidazole rings is 1. The van der Waals surface area contributed by atoms with Crippen LogP contribution in [-0.2, 0) is 6.42 Å². The van der Waals surface area contributed by atoms with E-state index in [0.717, 1.165) is 18.1 Å². The highest BCUT2D eigenvalue weighted by Crippen LogP contribution is 2.05. The second kappa shape index (κ2) is 2.73. The Morgan fingerprint density at radius 1 is 1.60 bits per heavy atom. The van der Waals surface area contributed by atoms with E-state index in [9.17, 15) is 0 Å². The van der Waals surface area contributed by atoms with Gasteiger partial charge in [0.15, 0.2) is 0 Å². The van der Waals surface area contributed by atoms with Crippen molar-refractivity contribution < 1.29 is 0 Å². The summed E-state index contributed by atoms with van der Waals surface area (Å²) in [6, 6.07) is 0. The summed E-state index contributed by atoms with van der Waals surface area (Å²) >= 11 is 0. The molecule has 3 heteroatoms. The second-order valence-corrected chi connectivity index (χ2v) is 2.46. The van der Waals surface area contributed by atoms with Crippen LogP contribution in [0.3, 0.4) is 0 Å². The van der Waals surface area contributed by atoms with Crippen LogP contribution in [0.5, 0.6) is 0 Å². The van der Waals surface area contributed by atoms with Gasteiger partial charge in [-0.3, -0.25) is 0 Å². The van der Waals surface area contributed by atoms with Crippen molar-refractivity contribution in [1.29, 1.82) is 0 Å². The van der Waals surface area contributed by atoms with Crippen molar-refractivity contribution in [2.24, 2.45) is 0 Å². The van der Waals surface area contributed by atoms with Gasteiger partial charge in [-0.05, 0) is 0 Å². The van der Waals surface area contributed by atoms with Gasteiger partial charge in [0.25, 0.3) is 0 Å². The molecule has 3 nitrogen and oxygen atoms in total. The molecule has 0 aliphatic carbocycles. The Kier molecular flexibility index (Phi) is 1.94. The van der Waals surface area contributed by atoms with Gasteiger partial charge in [-0.25, -0.2) is 4.98 Å². The van der Waals surface area contributed by atoms with Crippen molar-refractivity contribution in [2.75, 3.05) is 19.0 Å². The molecule has 0 saturated carbocycles. The minimum atomic E-state index is 0.966. The van der Waals surface area contributed by atoms with E-state index in [1.165, 1.54) is 0 Å². The van der Waals surface area contributed by atoms with Crippen LogP contribution in [0.1, 0.15) is 12.7 Å². The highest BCUT2D eigenvalue weighted by molar-refractivity contribution is 5.34. The quantitative estimate of drug-likeness (QED) is 0.663. The third-order valence-electron chi connectivity index (χ3n) is 1.43. The van der Waals surface area contributed by atoms with Gasteiger partial charge in [0.2, 0.25) is 0 Å². The smallest absolute Gasteiger partial charge is 0.125 e. The van der Waals surface area contributed by atoms with E-state index in [-0.39, 0.29) is 0 Å². The zero-order chi connectivity index (χ0) is 7.56. The van der Waals surface area contributed by atoms with Gasteiger partial charge in [0.1, 0.15) is 11.6 Å². The SMILES string of the molecule is CCc1ncc(N(C)C)[nH]1. The summed E-state index contributed by atoms with van der Waals surface area (Å²) in [4.78, 5) is 9.34. The van der Waals surface area contributed by atoms with Crippen molar-refractivity contribution in [2.45, 2.75) is 13.3 Å². The van der Waals surface area contributed by atoms with Gasteiger partial charge < -0.3 is 9.88 Å². The van der Waals surface area contributed by atoms with Gasteiger partial charge in [-0.2, -0.15) is 0 Å². The van der Waals surface area contributed by atoms with Gasteiger partial charge in [0, 0.05) is 20.5 Å². The molecule has 0 unspecified atom stereocenters. The largest absolute Gasteiger partial charge is 0.363 e. The first-order chi connectivity index (χ1) is 4.74. The third kappa shape index (κ3) is 1.29. The van der Waals surface area contributed by atoms with Crippen molar-refractivity contribution >= 4 is 5.82 Å². The first-order valence-corrected chi connectivity index (χ1v) is 3.45. The van der Waals surface area contributed by atoms with Crippen LogP contribution < -0.4 is 4.90 Å². The van der Waals surface area contributed by atoms with Crippen LogP contribution in [0, 0.1) is 0 Å². The number of hydrogen-bond acceptors (Lipinski definition) is 2. The minimum Gasteiger partial charge on any atom is -0.363 e. The van der Waals surface area contributed by atoms with E-state index >= 15 is 0 Å². The lowest BCUT2D eigenvalue weighted by Crippen LogP contribution is -2.08. The van der Waals surface area contributed by atoms with E-state index in [1.807, 2.05) is 25.2 Å². The van der Waals surface area contributed by atoms with E-state index < -0.39 is 0 Å². The summed E-state index contributed by atoms with van der Waals surface area (Å²) in [5.74, 6) is 2.11. The molecular formula is C7H13N3. The molecule has 1 N–H and O–H groups in total. The molecule has 0 spiro atoms. The molecule has 0 amide bonds.